The molecule has 1 aliphatic heterocycles. The van der Waals surface area contributed by atoms with Crippen molar-refractivity contribution in [3.05, 3.63) is 59.5 Å². The second-order valence-corrected chi connectivity index (χ2v) is 9.20. The number of hydrogen-bond acceptors (Lipinski definition) is 6. The normalized spacial score (nSPS) is 15.5. The van der Waals surface area contributed by atoms with E-state index in [-0.39, 0.29) is 17.4 Å². The maximum Gasteiger partial charge on any atom is 0.257 e. The standard InChI is InChI=1S/C19H17N3O4S2/c23-16-8-4-13(5-9-16)17-12-27-19(20-17)21-18(24)14-2-6-15(7-3-14)22-10-1-11-28(22,25)26/h2-9,12,23H,1,10-11H2,(H,20,21,24). The number of carbonyl (C=O) groups excluding carboxylic acids is 1. The molecule has 28 heavy (non-hydrogen) atoms. The van der Waals surface area contributed by atoms with Crippen LogP contribution in [0.3, 0.4) is 0 Å². The molecule has 4 rings (SSSR count). The number of benzene rings is 2. The summed E-state index contributed by atoms with van der Waals surface area (Å²) in [5.74, 6) is 0.0166. The van der Waals surface area contributed by atoms with Crippen LogP contribution >= 0.6 is 11.3 Å². The van der Waals surface area contributed by atoms with Crippen molar-refractivity contribution in [3.63, 3.8) is 0 Å². The second kappa shape index (κ2) is 7.25. The van der Waals surface area contributed by atoms with Crippen molar-refractivity contribution in [1.82, 2.24) is 4.98 Å². The van der Waals surface area contributed by atoms with Crippen LogP contribution in [-0.4, -0.2) is 36.7 Å². The van der Waals surface area contributed by atoms with Crippen LogP contribution < -0.4 is 9.62 Å². The number of thiazole rings is 1. The van der Waals surface area contributed by atoms with Crippen LogP contribution in [0.25, 0.3) is 11.3 Å². The molecule has 2 heterocycles. The first-order valence-corrected chi connectivity index (χ1v) is 11.1. The number of amides is 1. The Morgan fingerprint density at radius 1 is 1.11 bits per heavy atom. The highest BCUT2D eigenvalue weighted by atomic mass is 32.2. The Hall–Kier alpha value is -2.91. The van der Waals surface area contributed by atoms with Crippen LogP contribution in [0, 0.1) is 0 Å². The number of rotatable bonds is 4. The molecule has 0 aliphatic carbocycles. The molecular formula is C19H17N3O4S2. The zero-order chi connectivity index (χ0) is 19.7. The van der Waals surface area contributed by atoms with Crippen LogP contribution in [-0.2, 0) is 10.0 Å². The molecule has 0 radical (unpaired) electrons. The molecule has 0 saturated carbocycles. The largest absolute Gasteiger partial charge is 0.508 e. The molecule has 1 aliphatic rings. The van der Waals surface area contributed by atoms with E-state index in [2.05, 4.69) is 10.3 Å². The summed E-state index contributed by atoms with van der Waals surface area (Å²) in [6, 6.07) is 13.1. The molecule has 7 nitrogen and oxygen atoms in total. The molecule has 1 fully saturated rings. The van der Waals surface area contributed by atoms with E-state index in [0.29, 0.717) is 35.0 Å². The van der Waals surface area contributed by atoms with E-state index in [9.17, 15) is 18.3 Å². The van der Waals surface area contributed by atoms with Gasteiger partial charge < -0.3 is 5.11 Å². The van der Waals surface area contributed by atoms with Gasteiger partial charge in [0.15, 0.2) is 5.13 Å². The van der Waals surface area contributed by atoms with Crippen LogP contribution in [0.2, 0.25) is 0 Å². The zero-order valence-corrected chi connectivity index (χ0v) is 16.3. The average molecular weight is 415 g/mol. The number of nitrogens with zero attached hydrogens (tertiary/aromatic N) is 2. The average Bonchev–Trinajstić information content (AvgIpc) is 3.28. The van der Waals surface area contributed by atoms with Crippen molar-refractivity contribution in [2.24, 2.45) is 0 Å². The third kappa shape index (κ3) is 3.71. The lowest BCUT2D eigenvalue weighted by molar-refractivity contribution is 0.102. The first-order valence-electron chi connectivity index (χ1n) is 8.59. The van der Waals surface area contributed by atoms with Crippen molar-refractivity contribution in [1.29, 1.82) is 0 Å². The topological polar surface area (TPSA) is 99.6 Å². The number of aromatic hydroxyl groups is 1. The maximum absolute atomic E-state index is 12.5. The molecule has 0 spiro atoms. The van der Waals surface area contributed by atoms with E-state index in [1.807, 2.05) is 5.38 Å². The van der Waals surface area contributed by atoms with Crippen LogP contribution in [0.1, 0.15) is 16.8 Å². The van der Waals surface area contributed by atoms with Crippen molar-refractivity contribution in [3.8, 4) is 17.0 Å². The fraction of sp³-hybridized carbons (Fsp3) is 0.158. The van der Waals surface area contributed by atoms with Crippen molar-refractivity contribution in [2.45, 2.75) is 6.42 Å². The quantitative estimate of drug-likeness (QED) is 0.681. The Morgan fingerprint density at radius 2 is 1.82 bits per heavy atom. The van der Waals surface area contributed by atoms with Crippen LogP contribution in [0.15, 0.2) is 53.9 Å². The molecular weight excluding hydrogens is 398 g/mol. The Kier molecular flexibility index (Phi) is 4.78. The number of anilines is 2. The highest BCUT2D eigenvalue weighted by Crippen LogP contribution is 2.27. The van der Waals surface area contributed by atoms with E-state index in [1.165, 1.54) is 15.6 Å². The van der Waals surface area contributed by atoms with Crippen LogP contribution in [0.5, 0.6) is 5.75 Å². The smallest absolute Gasteiger partial charge is 0.257 e. The number of phenols is 1. The Morgan fingerprint density at radius 3 is 2.46 bits per heavy atom. The first-order chi connectivity index (χ1) is 13.4. The Labute approximate surface area is 166 Å². The Balaban J connectivity index is 1.46. The van der Waals surface area contributed by atoms with Gasteiger partial charge in [0.25, 0.3) is 5.91 Å². The van der Waals surface area contributed by atoms with Gasteiger partial charge in [-0.2, -0.15) is 0 Å². The van der Waals surface area contributed by atoms with Gasteiger partial charge >= 0.3 is 0 Å². The number of carbonyl (C=O) groups is 1. The predicted octanol–water partition coefficient (Wildman–Crippen LogP) is 3.31. The van der Waals surface area contributed by atoms with Gasteiger partial charge in [0.05, 0.1) is 17.1 Å². The number of aromatic nitrogens is 1. The van der Waals surface area contributed by atoms with Crippen molar-refractivity contribution in [2.75, 3.05) is 21.9 Å². The lowest BCUT2D eigenvalue weighted by Crippen LogP contribution is -2.25. The van der Waals surface area contributed by atoms with Gasteiger partial charge in [0.1, 0.15) is 5.75 Å². The first kappa shape index (κ1) is 18.5. The fourth-order valence-electron chi connectivity index (χ4n) is 2.97. The third-order valence-electron chi connectivity index (χ3n) is 4.40. The van der Waals surface area contributed by atoms with Crippen molar-refractivity contribution >= 4 is 38.1 Å². The van der Waals surface area contributed by atoms with E-state index in [1.54, 1.807) is 48.5 Å². The highest BCUT2D eigenvalue weighted by Gasteiger charge is 2.28. The van der Waals surface area contributed by atoms with Gasteiger partial charge in [-0.1, -0.05) is 0 Å². The van der Waals surface area contributed by atoms with Gasteiger partial charge in [-0.25, -0.2) is 13.4 Å². The summed E-state index contributed by atoms with van der Waals surface area (Å²) in [6.45, 7) is 0.465. The minimum Gasteiger partial charge on any atom is -0.508 e. The lowest BCUT2D eigenvalue weighted by Gasteiger charge is -2.16. The molecule has 2 N–H and O–H groups in total. The SMILES string of the molecule is O=C(Nc1nc(-c2ccc(O)cc2)cs1)c1ccc(N2CCCS2(=O)=O)cc1. The molecule has 9 heteroatoms. The minimum atomic E-state index is -3.24. The third-order valence-corrected chi connectivity index (χ3v) is 7.03. The number of hydrogen-bond donors (Lipinski definition) is 2. The van der Waals surface area contributed by atoms with E-state index in [0.717, 1.165) is 5.56 Å². The van der Waals surface area contributed by atoms with Crippen LogP contribution in [0.4, 0.5) is 10.8 Å². The molecule has 0 atom stereocenters. The molecule has 1 aromatic heterocycles. The monoisotopic (exact) mass is 415 g/mol. The second-order valence-electron chi connectivity index (χ2n) is 6.33. The number of phenolic OH excluding ortho intramolecular Hbond substituents is 1. The van der Waals surface area contributed by atoms with E-state index in [4.69, 9.17) is 0 Å². The van der Waals surface area contributed by atoms with Gasteiger partial charge in [0.2, 0.25) is 10.0 Å². The maximum atomic E-state index is 12.5. The summed E-state index contributed by atoms with van der Waals surface area (Å²) in [4.78, 5) is 16.8. The molecule has 2 aromatic carbocycles. The summed E-state index contributed by atoms with van der Waals surface area (Å²) in [6.07, 6.45) is 0.609. The van der Waals surface area contributed by atoms with E-state index < -0.39 is 10.0 Å². The molecule has 0 bridgehead atoms. The van der Waals surface area contributed by atoms with Crippen molar-refractivity contribution < 1.29 is 18.3 Å². The summed E-state index contributed by atoms with van der Waals surface area (Å²) in [5, 5.41) is 14.4. The molecule has 1 amide bonds. The highest BCUT2D eigenvalue weighted by molar-refractivity contribution is 7.93. The van der Waals surface area contributed by atoms with Gasteiger partial charge in [-0.15, -0.1) is 11.3 Å². The van der Waals surface area contributed by atoms with Gasteiger partial charge in [-0.05, 0) is 55.0 Å². The molecule has 3 aromatic rings. The van der Waals surface area contributed by atoms with Gasteiger partial charge in [0, 0.05) is 23.1 Å². The zero-order valence-electron chi connectivity index (χ0n) is 14.7. The summed E-state index contributed by atoms with van der Waals surface area (Å²) in [7, 11) is -3.24. The molecule has 144 valence electrons. The number of sulfonamides is 1. The summed E-state index contributed by atoms with van der Waals surface area (Å²) >= 11 is 1.30. The van der Waals surface area contributed by atoms with Gasteiger partial charge in [-0.3, -0.25) is 14.4 Å². The van der Waals surface area contributed by atoms with E-state index >= 15 is 0 Å². The number of nitrogens with one attached hydrogen (secondary N) is 1. The summed E-state index contributed by atoms with van der Waals surface area (Å²) in [5.41, 5.74) is 2.53. The summed E-state index contributed by atoms with van der Waals surface area (Å²) < 4.78 is 25.3. The Bertz CT molecular complexity index is 1110. The minimum absolute atomic E-state index is 0.155. The predicted molar refractivity (Wildman–Crippen MR) is 109 cm³/mol. The fourth-order valence-corrected chi connectivity index (χ4v) is 5.25. The molecule has 0 unspecified atom stereocenters. The molecule has 1 saturated heterocycles. The lowest BCUT2D eigenvalue weighted by atomic mass is 10.2.